The topological polar surface area (TPSA) is 50.7 Å². The van der Waals surface area contributed by atoms with Gasteiger partial charge in [0.15, 0.2) is 0 Å². The van der Waals surface area contributed by atoms with Crippen molar-refractivity contribution in [3.8, 4) is 11.3 Å². The molecule has 0 aliphatic heterocycles. The first-order valence-electron chi connectivity index (χ1n) is 7.70. The Morgan fingerprint density at radius 2 is 1.90 bits per heavy atom. The lowest BCUT2D eigenvalue weighted by molar-refractivity contribution is 0.830. The summed E-state index contributed by atoms with van der Waals surface area (Å²) in [7, 11) is 0. The zero-order valence-electron chi connectivity index (χ0n) is 13.4. The fourth-order valence-corrected chi connectivity index (χ4v) is 2.29. The van der Waals surface area contributed by atoms with Gasteiger partial charge in [0.1, 0.15) is 11.6 Å². The number of pyridine rings is 1. The summed E-state index contributed by atoms with van der Waals surface area (Å²) in [4.78, 5) is 13.7. The number of aromatic nitrogens is 3. The van der Waals surface area contributed by atoms with Crippen LogP contribution in [0.5, 0.6) is 0 Å². The van der Waals surface area contributed by atoms with Crippen LogP contribution in [0.25, 0.3) is 11.3 Å². The Labute approximate surface area is 127 Å². The van der Waals surface area contributed by atoms with Crippen LogP contribution in [0.4, 0.5) is 5.82 Å². The highest BCUT2D eigenvalue weighted by Crippen LogP contribution is 2.26. The first-order chi connectivity index (χ1) is 10.2. The average Bonchev–Trinajstić information content (AvgIpc) is 2.47. The van der Waals surface area contributed by atoms with E-state index in [1.807, 2.05) is 19.2 Å². The maximum absolute atomic E-state index is 4.76. The largest absolute Gasteiger partial charge is 0.370 e. The summed E-state index contributed by atoms with van der Waals surface area (Å²) in [5.41, 5.74) is 4.23. The molecular formula is C17H24N4. The van der Waals surface area contributed by atoms with E-state index in [1.165, 1.54) is 0 Å². The lowest BCUT2D eigenvalue weighted by Gasteiger charge is -2.14. The van der Waals surface area contributed by atoms with Gasteiger partial charge in [-0.15, -0.1) is 0 Å². The molecule has 0 atom stereocenters. The molecule has 0 aliphatic rings. The number of rotatable bonds is 6. The maximum Gasteiger partial charge on any atom is 0.133 e. The molecule has 2 aromatic heterocycles. The van der Waals surface area contributed by atoms with Gasteiger partial charge in [-0.25, -0.2) is 9.97 Å². The van der Waals surface area contributed by atoms with Gasteiger partial charge in [0.05, 0.1) is 5.69 Å². The first kappa shape index (κ1) is 15.4. The van der Waals surface area contributed by atoms with Crippen molar-refractivity contribution in [3.63, 3.8) is 0 Å². The van der Waals surface area contributed by atoms with Gasteiger partial charge in [0.25, 0.3) is 0 Å². The first-order valence-corrected chi connectivity index (χ1v) is 7.70. The second kappa shape index (κ2) is 7.16. The molecule has 0 unspecified atom stereocenters. The Hall–Kier alpha value is -1.97. The van der Waals surface area contributed by atoms with Crippen LogP contribution in [0.3, 0.4) is 0 Å². The van der Waals surface area contributed by atoms with Crippen molar-refractivity contribution < 1.29 is 0 Å². The minimum atomic E-state index is 0.901. The summed E-state index contributed by atoms with van der Waals surface area (Å²) in [6.45, 7) is 9.32. The molecule has 4 heteroatoms. The van der Waals surface area contributed by atoms with Crippen LogP contribution < -0.4 is 5.32 Å². The van der Waals surface area contributed by atoms with Gasteiger partial charge in [-0.1, -0.05) is 13.8 Å². The molecule has 0 spiro atoms. The van der Waals surface area contributed by atoms with Crippen molar-refractivity contribution in [2.24, 2.45) is 0 Å². The van der Waals surface area contributed by atoms with E-state index in [0.717, 1.165) is 60.0 Å². The second-order valence-electron chi connectivity index (χ2n) is 5.32. The van der Waals surface area contributed by atoms with E-state index in [2.05, 4.69) is 42.1 Å². The minimum Gasteiger partial charge on any atom is -0.370 e. The Bertz CT molecular complexity index is 608. The zero-order chi connectivity index (χ0) is 15.2. The van der Waals surface area contributed by atoms with Crippen LogP contribution in [-0.2, 0) is 6.42 Å². The fourth-order valence-electron chi connectivity index (χ4n) is 2.29. The summed E-state index contributed by atoms with van der Waals surface area (Å²) >= 11 is 0. The third kappa shape index (κ3) is 3.78. The van der Waals surface area contributed by atoms with Crippen molar-refractivity contribution in [3.05, 3.63) is 35.4 Å². The minimum absolute atomic E-state index is 0.901. The predicted octanol–water partition coefficient (Wildman–Crippen LogP) is 3.93. The van der Waals surface area contributed by atoms with E-state index in [-0.39, 0.29) is 0 Å². The van der Waals surface area contributed by atoms with Crippen LogP contribution in [0.2, 0.25) is 0 Å². The van der Waals surface area contributed by atoms with E-state index in [4.69, 9.17) is 4.98 Å². The van der Waals surface area contributed by atoms with Gasteiger partial charge in [-0.3, -0.25) is 4.98 Å². The normalized spacial score (nSPS) is 10.7. The molecule has 112 valence electrons. The number of hydrogen-bond donors (Lipinski definition) is 1. The second-order valence-corrected chi connectivity index (χ2v) is 5.32. The average molecular weight is 284 g/mol. The quantitative estimate of drug-likeness (QED) is 0.873. The van der Waals surface area contributed by atoms with Gasteiger partial charge < -0.3 is 5.32 Å². The third-order valence-corrected chi connectivity index (χ3v) is 3.38. The molecule has 0 saturated heterocycles. The summed E-state index contributed by atoms with van der Waals surface area (Å²) in [6.07, 6.45) is 4.87. The SMILES string of the molecule is CCCNc1nc(CCC)nc(-c2ccnc(C)c2)c1C. The molecule has 0 aliphatic carbocycles. The van der Waals surface area contributed by atoms with Crippen LogP contribution in [0.15, 0.2) is 18.3 Å². The molecule has 2 rings (SSSR count). The highest BCUT2D eigenvalue weighted by atomic mass is 15.0. The highest BCUT2D eigenvalue weighted by molar-refractivity contribution is 5.68. The molecule has 0 radical (unpaired) electrons. The van der Waals surface area contributed by atoms with Gasteiger partial charge in [0.2, 0.25) is 0 Å². The van der Waals surface area contributed by atoms with Gasteiger partial charge in [-0.2, -0.15) is 0 Å². The molecule has 2 aromatic rings. The van der Waals surface area contributed by atoms with Gasteiger partial charge in [-0.05, 0) is 38.8 Å². The van der Waals surface area contributed by atoms with E-state index in [0.29, 0.717) is 0 Å². The van der Waals surface area contributed by atoms with E-state index in [9.17, 15) is 0 Å². The van der Waals surface area contributed by atoms with Crippen molar-refractivity contribution in [1.82, 2.24) is 15.0 Å². The van der Waals surface area contributed by atoms with Crippen molar-refractivity contribution in [2.45, 2.75) is 47.0 Å². The Kier molecular flexibility index (Phi) is 5.26. The molecule has 1 N–H and O–H groups in total. The molecular weight excluding hydrogens is 260 g/mol. The van der Waals surface area contributed by atoms with Gasteiger partial charge >= 0.3 is 0 Å². The highest BCUT2D eigenvalue weighted by Gasteiger charge is 2.12. The molecule has 2 heterocycles. The monoisotopic (exact) mass is 284 g/mol. The number of aryl methyl sites for hydroxylation is 2. The smallest absolute Gasteiger partial charge is 0.133 e. The Morgan fingerprint density at radius 1 is 1.10 bits per heavy atom. The maximum atomic E-state index is 4.76. The molecule has 0 aromatic carbocycles. The lowest BCUT2D eigenvalue weighted by atomic mass is 10.1. The number of nitrogens with zero attached hydrogens (tertiary/aromatic N) is 3. The Morgan fingerprint density at radius 3 is 2.57 bits per heavy atom. The number of nitrogens with one attached hydrogen (secondary N) is 1. The van der Waals surface area contributed by atoms with Crippen molar-refractivity contribution >= 4 is 5.82 Å². The van der Waals surface area contributed by atoms with Crippen molar-refractivity contribution in [1.29, 1.82) is 0 Å². The fraction of sp³-hybridized carbons (Fsp3) is 0.471. The summed E-state index contributed by atoms with van der Waals surface area (Å²) in [6, 6.07) is 4.09. The summed E-state index contributed by atoms with van der Waals surface area (Å²) in [5.74, 6) is 1.87. The molecule has 0 saturated carbocycles. The van der Waals surface area contributed by atoms with E-state index in [1.54, 1.807) is 0 Å². The predicted molar refractivity (Wildman–Crippen MR) is 87.5 cm³/mol. The lowest BCUT2D eigenvalue weighted by Crippen LogP contribution is -2.09. The number of hydrogen-bond acceptors (Lipinski definition) is 4. The molecule has 21 heavy (non-hydrogen) atoms. The molecule has 0 amide bonds. The molecule has 4 nitrogen and oxygen atoms in total. The Balaban J connectivity index is 2.49. The molecule has 0 bridgehead atoms. The van der Waals surface area contributed by atoms with E-state index >= 15 is 0 Å². The number of anilines is 1. The summed E-state index contributed by atoms with van der Waals surface area (Å²) < 4.78 is 0. The van der Waals surface area contributed by atoms with Crippen molar-refractivity contribution in [2.75, 3.05) is 11.9 Å². The van der Waals surface area contributed by atoms with E-state index < -0.39 is 0 Å². The molecule has 0 fully saturated rings. The standard InChI is InChI=1S/C17H24N4/c1-5-7-15-20-16(14-8-10-18-12(3)11-14)13(4)17(21-15)19-9-6-2/h8,10-11H,5-7,9H2,1-4H3,(H,19,20,21). The van der Waals surface area contributed by atoms with Gasteiger partial charge in [0, 0.05) is 36.0 Å². The third-order valence-electron chi connectivity index (χ3n) is 3.38. The van der Waals surface area contributed by atoms with Crippen LogP contribution in [0, 0.1) is 13.8 Å². The zero-order valence-corrected chi connectivity index (χ0v) is 13.4. The van der Waals surface area contributed by atoms with Crippen LogP contribution in [0.1, 0.15) is 43.8 Å². The summed E-state index contributed by atoms with van der Waals surface area (Å²) in [5, 5.41) is 3.42. The van der Waals surface area contributed by atoms with Crippen LogP contribution in [-0.4, -0.2) is 21.5 Å². The van der Waals surface area contributed by atoms with Crippen LogP contribution >= 0.6 is 0 Å².